The van der Waals surface area contributed by atoms with Gasteiger partial charge in [-0.05, 0) is 30.3 Å². The molecule has 3 rings (SSSR count). The zero-order valence-electron chi connectivity index (χ0n) is 12.4. The molecule has 1 heterocycles. The van der Waals surface area contributed by atoms with Crippen molar-refractivity contribution in [3.8, 4) is 0 Å². The first-order valence-electron chi connectivity index (χ1n) is 7.26. The van der Waals surface area contributed by atoms with Crippen LogP contribution in [0.3, 0.4) is 0 Å². The van der Waals surface area contributed by atoms with Crippen molar-refractivity contribution in [1.29, 1.82) is 0 Å². The van der Waals surface area contributed by atoms with E-state index < -0.39 is 11.7 Å². The number of nitrogens with zero attached hydrogens (tertiary/aromatic N) is 1. The molecule has 0 aromatic heterocycles. The molecule has 2 aromatic carbocycles. The van der Waals surface area contributed by atoms with Crippen LogP contribution in [-0.2, 0) is 9.59 Å². The summed E-state index contributed by atoms with van der Waals surface area (Å²) in [5.74, 6) is -1.56. The second-order valence-electron chi connectivity index (χ2n) is 5.47. The predicted molar refractivity (Wildman–Crippen MR) is 92.0 cm³/mol. The lowest BCUT2D eigenvalue weighted by Gasteiger charge is -2.18. The van der Waals surface area contributed by atoms with Crippen molar-refractivity contribution < 1.29 is 14.0 Å². The second-order valence-corrected chi connectivity index (χ2v) is 6.29. The maximum absolute atomic E-state index is 13.2. The van der Waals surface area contributed by atoms with E-state index in [1.54, 1.807) is 24.3 Å². The standard InChI is InChI=1S/C17H13Cl2FN2O2/c18-12-3-1-2-4-15(12)22-9-10(7-16(22)23)17(24)21-11-5-6-14(20)13(19)8-11/h1-6,8,10H,7,9H2,(H,21,24). The Bertz CT molecular complexity index is 813. The lowest BCUT2D eigenvalue weighted by atomic mass is 10.1. The van der Waals surface area contributed by atoms with E-state index in [-0.39, 0.29) is 29.8 Å². The highest BCUT2D eigenvalue weighted by molar-refractivity contribution is 6.34. The number of hydrogen-bond donors (Lipinski definition) is 1. The zero-order chi connectivity index (χ0) is 17.3. The maximum Gasteiger partial charge on any atom is 0.229 e. The van der Waals surface area contributed by atoms with Gasteiger partial charge in [-0.2, -0.15) is 0 Å². The molecule has 1 aliphatic rings. The Morgan fingerprint density at radius 2 is 1.92 bits per heavy atom. The highest BCUT2D eigenvalue weighted by Crippen LogP contribution is 2.31. The Labute approximate surface area is 148 Å². The lowest BCUT2D eigenvalue weighted by molar-refractivity contribution is -0.122. The van der Waals surface area contributed by atoms with Gasteiger partial charge in [-0.15, -0.1) is 0 Å². The molecule has 0 spiro atoms. The van der Waals surface area contributed by atoms with Crippen LogP contribution in [0, 0.1) is 11.7 Å². The predicted octanol–water partition coefficient (Wildman–Crippen LogP) is 4.12. The molecule has 0 saturated carbocycles. The molecule has 1 fully saturated rings. The number of benzene rings is 2. The summed E-state index contributed by atoms with van der Waals surface area (Å²) in [5.41, 5.74) is 0.972. The summed E-state index contributed by atoms with van der Waals surface area (Å²) in [6.45, 7) is 0.239. The number of nitrogens with one attached hydrogen (secondary N) is 1. The highest BCUT2D eigenvalue weighted by atomic mass is 35.5. The van der Waals surface area contributed by atoms with Crippen LogP contribution in [-0.4, -0.2) is 18.4 Å². The Balaban J connectivity index is 1.72. The van der Waals surface area contributed by atoms with E-state index in [1.165, 1.54) is 23.1 Å². The van der Waals surface area contributed by atoms with Crippen molar-refractivity contribution in [3.05, 3.63) is 58.3 Å². The molecule has 4 nitrogen and oxygen atoms in total. The number of halogens is 3. The van der Waals surface area contributed by atoms with E-state index in [0.717, 1.165) is 0 Å². The van der Waals surface area contributed by atoms with Crippen LogP contribution in [0.25, 0.3) is 0 Å². The summed E-state index contributed by atoms with van der Waals surface area (Å²) in [5, 5.41) is 3.04. The van der Waals surface area contributed by atoms with E-state index in [4.69, 9.17) is 23.2 Å². The minimum absolute atomic E-state index is 0.0759. The fourth-order valence-corrected chi connectivity index (χ4v) is 3.02. The molecular formula is C17H13Cl2FN2O2. The van der Waals surface area contributed by atoms with Crippen molar-refractivity contribution >= 4 is 46.4 Å². The average Bonchev–Trinajstić information content (AvgIpc) is 2.93. The Morgan fingerprint density at radius 1 is 1.17 bits per heavy atom. The summed E-state index contributed by atoms with van der Waals surface area (Å²) in [4.78, 5) is 26.1. The fraction of sp³-hybridized carbons (Fsp3) is 0.176. The SMILES string of the molecule is O=C(Nc1ccc(F)c(Cl)c1)C1CC(=O)N(c2ccccc2Cl)C1. The summed E-state index contributed by atoms with van der Waals surface area (Å²) in [6, 6.07) is 10.9. The van der Waals surface area contributed by atoms with E-state index in [0.29, 0.717) is 16.4 Å². The molecule has 0 aliphatic carbocycles. The molecule has 24 heavy (non-hydrogen) atoms. The molecule has 1 atom stereocenters. The monoisotopic (exact) mass is 366 g/mol. The number of anilines is 2. The van der Waals surface area contributed by atoms with Crippen LogP contribution in [0.15, 0.2) is 42.5 Å². The Morgan fingerprint density at radius 3 is 2.62 bits per heavy atom. The first-order chi connectivity index (χ1) is 11.5. The maximum atomic E-state index is 13.2. The van der Waals surface area contributed by atoms with E-state index in [2.05, 4.69) is 5.32 Å². The molecule has 0 radical (unpaired) electrons. The zero-order valence-corrected chi connectivity index (χ0v) is 13.9. The largest absolute Gasteiger partial charge is 0.326 e. The van der Waals surface area contributed by atoms with Crippen LogP contribution >= 0.6 is 23.2 Å². The van der Waals surface area contributed by atoms with Crippen molar-refractivity contribution in [3.63, 3.8) is 0 Å². The normalized spacial score (nSPS) is 17.2. The summed E-state index contributed by atoms with van der Waals surface area (Å²) in [6.07, 6.45) is 0.0893. The molecule has 1 N–H and O–H groups in total. The van der Waals surface area contributed by atoms with Gasteiger partial charge in [0.25, 0.3) is 0 Å². The molecule has 124 valence electrons. The Kier molecular flexibility index (Phi) is 4.73. The summed E-state index contributed by atoms with van der Waals surface area (Å²) in [7, 11) is 0. The van der Waals surface area contributed by atoms with Gasteiger partial charge in [-0.1, -0.05) is 35.3 Å². The van der Waals surface area contributed by atoms with Crippen LogP contribution in [0.1, 0.15) is 6.42 Å². The number of carbonyl (C=O) groups excluding carboxylic acids is 2. The molecule has 0 bridgehead atoms. The number of carbonyl (C=O) groups is 2. The average molecular weight is 367 g/mol. The topological polar surface area (TPSA) is 49.4 Å². The van der Waals surface area contributed by atoms with Crippen LogP contribution in [0.4, 0.5) is 15.8 Å². The molecule has 2 aromatic rings. The van der Waals surface area contributed by atoms with Crippen molar-refractivity contribution in [2.45, 2.75) is 6.42 Å². The smallest absolute Gasteiger partial charge is 0.229 e. The van der Waals surface area contributed by atoms with Crippen LogP contribution < -0.4 is 10.2 Å². The van der Waals surface area contributed by atoms with Gasteiger partial charge in [-0.3, -0.25) is 9.59 Å². The third kappa shape index (κ3) is 3.37. The second kappa shape index (κ2) is 6.79. The molecule has 1 aliphatic heterocycles. The number of amides is 2. The van der Waals surface area contributed by atoms with E-state index >= 15 is 0 Å². The van der Waals surface area contributed by atoms with Gasteiger partial charge in [0, 0.05) is 18.7 Å². The minimum atomic E-state index is -0.560. The van der Waals surface area contributed by atoms with Crippen molar-refractivity contribution in [2.24, 2.45) is 5.92 Å². The van der Waals surface area contributed by atoms with Crippen molar-refractivity contribution in [1.82, 2.24) is 0 Å². The van der Waals surface area contributed by atoms with Gasteiger partial charge < -0.3 is 10.2 Å². The minimum Gasteiger partial charge on any atom is -0.326 e. The lowest BCUT2D eigenvalue weighted by Crippen LogP contribution is -2.28. The third-order valence-electron chi connectivity index (χ3n) is 3.83. The molecule has 7 heteroatoms. The fourth-order valence-electron chi connectivity index (χ4n) is 2.60. The Hall–Kier alpha value is -2.11. The number of para-hydroxylation sites is 1. The van der Waals surface area contributed by atoms with Crippen LogP contribution in [0.2, 0.25) is 10.0 Å². The van der Waals surface area contributed by atoms with Crippen molar-refractivity contribution in [2.75, 3.05) is 16.8 Å². The van der Waals surface area contributed by atoms with E-state index in [1.807, 2.05) is 0 Å². The van der Waals surface area contributed by atoms with Crippen LogP contribution in [0.5, 0.6) is 0 Å². The molecular weight excluding hydrogens is 354 g/mol. The number of rotatable bonds is 3. The number of hydrogen-bond acceptors (Lipinski definition) is 2. The van der Waals surface area contributed by atoms with E-state index in [9.17, 15) is 14.0 Å². The first kappa shape index (κ1) is 16.7. The first-order valence-corrected chi connectivity index (χ1v) is 8.02. The molecule has 2 amide bonds. The molecule has 1 unspecified atom stereocenters. The van der Waals surface area contributed by atoms with Gasteiger partial charge in [0.05, 0.1) is 21.7 Å². The highest BCUT2D eigenvalue weighted by Gasteiger charge is 2.35. The van der Waals surface area contributed by atoms with Gasteiger partial charge in [0.15, 0.2) is 0 Å². The summed E-state index contributed by atoms with van der Waals surface area (Å²) < 4.78 is 13.2. The molecule has 1 saturated heterocycles. The van der Waals surface area contributed by atoms with Gasteiger partial charge >= 0.3 is 0 Å². The third-order valence-corrected chi connectivity index (χ3v) is 4.44. The van der Waals surface area contributed by atoms with Gasteiger partial charge in [0.2, 0.25) is 11.8 Å². The van der Waals surface area contributed by atoms with Gasteiger partial charge in [0.1, 0.15) is 5.82 Å². The quantitative estimate of drug-likeness (QED) is 0.887. The van der Waals surface area contributed by atoms with Gasteiger partial charge in [-0.25, -0.2) is 4.39 Å². The summed E-state index contributed by atoms with van der Waals surface area (Å²) >= 11 is 11.8.